The van der Waals surface area contributed by atoms with Gasteiger partial charge in [-0.1, -0.05) is 0 Å². The van der Waals surface area contributed by atoms with E-state index >= 15 is 0 Å². The second-order valence-corrected chi connectivity index (χ2v) is 4.43. The number of esters is 1. The van der Waals surface area contributed by atoms with Crippen LogP contribution in [-0.4, -0.2) is 31.1 Å². The summed E-state index contributed by atoms with van der Waals surface area (Å²) >= 11 is 1.76. The molecule has 0 spiro atoms. The van der Waals surface area contributed by atoms with Crippen molar-refractivity contribution in [1.29, 1.82) is 0 Å². The predicted octanol–water partition coefficient (Wildman–Crippen LogP) is 2.22. The minimum absolute atomic E-state index is 0.350. The van der Waals surface area contributed by atoms with Crippen LogP contribution in [0.5, 0.6) is 0 Å². The van der Waals surface area contributed by atoms with E-state index in [1.54, 1.807) is 30.8 Å². The number of nitrogen functional groups attached to an aromatic ring is 1. The smallest absolute Gasteiger partial charge is 0.340 e. The lowest BCUT2D eigenvalue weighted by Gasteiger charge is -2.09. The van der Waals surface area contributed by atoms with Crippen molar-refractivity contribution in [3.05, 3.63) is 23.8 Å². The van der Waals surface area contributed by atoms with Crippen LogP contribution in [0.1, 0.15) is 17.3 Å². The zero-order chi connectivity index (χ0) is 12.7. The molecular weight excluding hydrogens is 236 g/mol. The Morgan fingerprint density at radius 3 is 2.94 bits per heavy atom. The number of hydrogen-bond donors (Lipinski definition) is 2. The third-order valence-corrected chi connectivity index (χ3v) is 2.80. The first-order valence-electron chi connectivity index (χ1n) is 5.48. The average Bonchev–Trinajstić information content (AvgIpc) is 2.32. The maximum absolute atomic E-state index is 11.6. The summed E-state index contributed by atoms with van der Waals surface area (Å²) in [6.45, 7) is 2.98. The molecule has 0 amide bonds. The van der Waals surface area contributed by atoms with Gasteiger partial charge in [-0.05, 0) is 31.4 Å². The highest BCUT2D eigenvalue weighted by molar-refractivity contribution is 7.98. The molecule has 17 heavy (non-hydrogen) atoms. The predicted molar refractivity (Wildman–Crippen MR) is 73.7 cm³/mol. The summed E-state index contributed by atoms with van der Waals surface area (Å²) < 4.78 is 4.94. The molecule has 5 heteroatoms. The first-order valence-corrected chi connectivity index (χ1v) is 6.88. The molecule has 0 aliphatic rings. The highest BCUT2D eigenvalue weighted by atomic mass is 32.2. The van der Waals surface area contributed by atoms with E-state index in [2.05, 4.69) is 11.6 Å². The molecule has 0 fully saturated rings. The van der Waals surface area contributed by atoms with Crippen molar-refractivity contribution in [3.8, 4) is 0 Å². The van der Waals surface area contributed by atoms with E-state index in [9.17, 15) is 4.79 Å². The summed E-state index contributed by atoms with van der Waals surface area (Å²) in [4.78, 5) is 11.6. The van der Waals surface area contributed by atoms with E-state index in [1.165, 1.54) is 0 Å². The average molecular weight is 254 g/mol. The number of thioether (sulfide) groups is 1. The largest absolute Gasteiger partial charge is 0.462 e. The maximum Gasteiger partial charge on any atom is 0.340 e. The van der Waals surface area contributed by atoms with Gasteiger partial charge in [0.15, 0.2) is 0 Å². The number of nitrogens with one attached hydrogen (secondary N) is 1. The van der Waals surface area contributed by atoms with E-state index in [0.29, 0.717) is 17.9 Å². The lowest BCUT2D eigenvalue weighted by molar-refractivity contribution is 0.0527. The molecule has 1 aromatic carbocycles. The van der Waals surface area contributed by atoms with E-state index in [4.69, 9.17) is 10.5 Å². The van der Waals surface area contributed by atoms with Crippen LogP contribution in [0.4, 0.5) is 11.4 Å². The maximum atomic E-state index is 11.6. The zero-order valence-electron chi connectivity index (χ0n) is 10.2. The van der Waals surface area contributed by atoms with Crippen LogP contribution in [-0.2, 0) is 4.74 Å². The third-order valence-electron chi connectivity index (χ3n) is 2.18. The normalized spacial score (nSPS) is 10.0. The molecule has 0 atom stereocenters. The van der Waals surface area contributed by atoms with Crippen molar-refractivity contribution in [2.24, 2.45) is 0 Å². The first-order chi connectivity index (χ1) is 8.19. The Kier molecular flexibility index (Phi) is 5.69. The van der Waals surface area contributed by atoms with Gasteiger partial charge in [-0.2, -0.15) is 11.8 Å². The van der Waals surface area contributed by atoms with Gasteiger partial charge in [0.1, 0.15) is 0 Å². The van der Waals surface area contributed by atoms with Crippen molar-refractivity contribution < 1.29 is 9.53 Å². The molecule has 0 unspecified atom stereocenters. The van der Waals surface area contributed by atoms with Crippen LogP contribution in [0.15, 0.2) is 18.2 Å². The number of rotatable bonds is 6. The molecule has 0 saturated heterocycles. The number of ether oxygens (including phenoxy) is 1. The molecule has 4 nitrogen and oxygen atoms in total. The van der Waals surface area contributed by atoms with Gasteiger partial charge in [-0.3, -0.25) is 0 Å². The minimum atomic E-state index is -0.376. The Labute approximate surface area is 106 Å². The first kappa shape index (κ1) is 13.7. The highest BCUT2D eigenvalue weighted by Crippen LogP contribution is 2.18. The van der Waals surface area contributed by atoms with Crippen LogP contribution in [0.25, 0.3) is 0 Å². The van der Waals surface area contributed by atoms with E-state index in [-0.39, 0.29) is 5.97 Å². The van der Waals surface area contributed by atoms with Crippen LogP contribution >= 0.6 is 11.8 Å². The summed E-state index contributed by atoms with van der Waals surface area (Å²) in [6.07, 6.45) is 2.05. The van der Waals surface area contributed by atoms with Crippen molar-refractivity contribution in [2.75, 3.05) is 36.2 Å². The van der Waals surface area contributed by atoms with Crippen molar-refractivity contribution in [3.63, 3.8) is 0 Å². The summed E-state index contributed by atoms with van der Waals surface area (Å²) in [7, 11) is 0. The van der Waals surface area contributed by atoms with Gasteiger partial charge in [0.05, 0.1) is 12.2 Å². The zero-order valence-corrected chi connectivity index (χ0v) is 11.0. The van der Waals surface area contributed by atoms with Crippen LogP contribution < -0.4 is 11.1 Å². The van der Waals surface area contributed by atoms with Crippen molar-refractivity contribution >= 4 is 29.1 Å². The van der Waals surface area contributed by atoms with Crippen molar-refractivity contribution in [1.82, 2.24) is 0 Å². The number of benzene rings is 1. The third kappa shape index (κ3) is 4.19. The Morgan fingerprint density at radius 2 is 2.29 bits per heavy atom. The number of nitrogens with two attached hydrogens (primary N) is 1. The standard InChI is InChI=1S/C12H18N2O2S/c1-3-16-12(15)10-8-9(4-5-11(10)13)14-6-7-17-2/h4-5,8,14H,3,6-7,13H2,1-2H3. The van der Waals surface area contributed by atoms with Gasteiger partial charge in [0.25, 0.3) is 0 Å². The number of anilines is 2. The monoisotopic (exact) mass is 254 g/mol. The minimum Gasteiger partial charge on any atom is -0.462 e. The lowest BCUT2D eigenvalue weighted by atomic mass is 10.1. The fourth-order valence-corrected chi connectivity index (χ4v) is 1.66. The molecule has 94 valence electrons. The molecule has 0 radical (unpaired) electrons. The van der Waals surface area contributed by atoms with Crippen molar-refractivity contribution in [2.45, 2.75) is 6.92 Å². The quantitative estimate of drug-likeness (QED) is 0.463. The second-order valence-electron chi connectivity index (χ2n) is 3.44. The Hall–Kier alpha value is -1.36. The topological polar surface area (TPSA) is 64.3 Å². The van der Waals surface area contributed by atoms with E-state index in [0.717, 1.165) is 18.0 Å². The van der Waals surface area contributed by atoms with Gasteiger partial charge in [-0.15, -0.1) is 0 Å². The molecule has 0 heterocycles. The SMILES string of the molecule is CCOC(=O)c1cc(NCCSC)ccc1N. The van der Waals surface area contributed by atoms with Gasteiger partial charge in [0.2, 0.25) is 0 Å². The van der Waals surface area contributed by atoms with Gasteiger partial charge in [0, 0.05) is 23.7 Å². The number of carbonyl (C=O) groups excluding carboxylic acids is 1. The molecule has 1 rings (SSSR count). The fraction of sp³-hybridized carbons (Fsp3) is 0.417. The summed E-state index contributed by atoms with van der Waals surface area (Å²) in [6, 6.07) is 5.31. The molecule has 1 aromatic rings. The second kappa shape index (κ2) is 7.06. The highest BCUT2D eigenvalue weighted by Gasteiger charge is 2.11. The van der Waals surface area contributed by atoms with Crippen LogP contribution in [0.3, 0.4) is 0 Å². The summed E-state index contributed by atoms with van der Waals surface area (Å²) in [5.41, 5.74) is 7.49. The van der Waals surface area contributed by atoms with Gasteiger partial charge in [-0.25, -0.2) is 4.79 Å². The van der Waals surface area contributed by atoms with Gasteiger partial charge < -0.3 is 15.8 Å². The Balaban J connectivity index is 2.75. The Morgan fingerprint density at radius 1 is 1.53 bits per heavy atom. The molecule has 0 saturated carbocycles. The van der Waals surface area contributed by atoms with E-state index in [1.807, 2.05) is 6.07 Å². The fourth-order valence-electron chi connectivity index (χ4n) is 1.35. The lowest BCUT2D eigenvalue weighted by Crippen LogP contribution is -2.10. The summed E-state index contributed by atoms with van der Waals surface area (Å²) in [5.74, 6) is 0.637. The molecule has 0 aromatic heterocycles. The van der Waals surface area contributed by atoms with Gasteiger partial charge >= 0.3 is 5.97 Å². The number of hydrogen-bond acceptors (Lipinski definition) is 5. The molecule has 0 bridgehead atoms. The molecular formula is C12H18N2O2S. The molecule has 0 aliphatic carbocycles. The van der Waals surface area contributed by atoms with E-state index < -0.39 is 0 Å². The summed E-state index contributed by atoms with van der Waals surface area (Å²) in [5, 5.41) is 3.23. The molecule has 0 aliphatic heterocycles. The van der Waals surface area contributed by atoms with Crippen LogP contribution in [0.2, 0.25) is 0 Å². The molecule has 3 N–H and O–H groups in total. The van der Waals surface area contributed by atoms with Crippen LogP contribution in [0, 0.1) is 0 Å². The number of carbonyl (C=O) groups is 1. The Bertz CT molecular complexity index is 383.